The first-order valence-corrected chi connectivity index (χ1v) is 7.72. The molecule has 116 valence electrons. The second kappa shape index (κ2) is 6.30. The molecule has 5 heteroatoms. The van der Waals surface area contributed by atoms with Crippen LogP contribution >= 0.6 is 0 Å². The number of ether oxygens (including phenoxy) is 1. The van der Waals surface area contributed by atoms with E-state index in [4.69, 9.17) is 4.74 Å². The predicted molar refractivity (Wildman–Crippen MR) is 82.3 cm³/mol. The van der Waals surface area contributed by atoms with Crippen LogP contribution in [0.5, 0.6) is 0 Å². The third-order valence-electron chi connectivity index (χ3n) is 4.42. The highest BCUT2D eigenvalue weighted by Gasteiger charge is 2.32. The third kappa shape index (κ3) is 3.73. The lowest BCUT2D eigenvalue weighted by Gasteiger charge is -2.40. The second-order valence-corrected chi connectivity index (χ2v) is 6.21. The number of piperazine rings is 1. The van der Waals surface area contributed by atoms with Crippen LogP contribution < -0.4 is 10.2 Å². The summed E-state index contributed by atoms with van der Waals surface area (Å²) in [5, 5.41) is 3.25. The molecule has 2 heterocycles. The quantitative estimate of drug-likeness (QED) is 0.886. The molecule has 2 aliphatic rings. The largest absolute Gasteiger partial charge is 0.371 e. The molecule has 0 atom stereocenters. The molecule has 3 rings (SSSR count). The van der Waals surface area contributed by atoms with Crippen LogP contribution in [0.4, 0.5) is 10.1 Å². The maximum absolute atomic E-state index is 12.9. The van der Waals surface area contributed by atoms with Crippen LogP contribution in [0.3, 0.4) is 0 Å². The monoisotopic (exact) mass is 293 g/mol. The number of nitrogens with zero attached hydrogens (tertiary/aromatic N) is 2. The van der Waals surface area contributed by atoms with Gasteiger partial charge in [0.2, 0.25) is 0 Å². The standard InChI is InChI=1S/C16H24FN3O/c1-16(12-18-13-16)21-11-10-19-6-8-20(9-7-19)15-4-2-14(17)3-5-15/h2-5,18H,6-13H2,1H3. The molecular weight excluding hydrogens is 269 g/mol. The first kappa shape index (κ1) is 14.8. The topological polar surface area (TPSA) is 27.7 Å². The summed E-state index contributed by atoms with van der Waals surface area (Å²) in [5.41, 5.74) is 1.16. The molecule has 2 aliphatic heterocycles. The van der Waals surface area contributed by atoms with Crippen molar-refractivity contribution in [3.63, 3.8) is 0 Å². The van der Waals surface area contributed by atoms with E-state index in [0.717, 1.165) is 58.1 Å². The van der Waals surface area contributed by atoms with Gasteiger partial charge in [0, 0.05) is 51.5 Å². The lowest BCUT2D eigenvalue weighted by molar-refractivity contribution is -0.0723. The molecule has 1 aromatic carbocycles. The molecule has 0 unspecified atom stereocenters. The summed E-state index contributed by atoms with van der Waals surface area (Å²) in [6, 6.07) is 6.78. The molecule has 0 aliphatic carbocycles. The first-order chi connectivity index (χ1) is 10.1. The fraction of sp³-hybridized carbons (Fsp3) is 0.625. The van der Waals surface area contributed by atoms with Gasteiger partial charge in [-0.25, -0.2) is 4.39 Å². The van der Waals surface area contributed by atoms with Gasteiger partial charge in [-0.1, -0.05) is 0 Å². The van der Waals surface area contributed by atoms with E-state index >= 15 is 0 Å². The van der Waals surface area contributed by atoms with Crippen molar-refractivity contribution < 1.29 is 9.13 Å². The number of rotatable bonds is 5. The molecule has 0 aromatic heterocycles. The average molecular weight is 293 g/mol. The summed E-state index contributed by atoms with van der Waals surface area (Å²) in [6.07, 6.45) is 0. The Kier molecular flexibility index (Phi) is 4.42. The minimum atomic E-state index is -0.173. The van der Waals surface area contributed by atoms with E-state index in [1.807, 2.05) is 12.1 Å². The number of hydrogen-bond donors (Lipinski definition) is 1. The van der Waals surface area contributed by atoms with Crippen molar-refractivity contribution in [2.45, 2.75) is 12.5 Å². The predicted octanol–water partition coefficient (Wildman–Crippen LogP) is 1.33. The molecule has 1 aromatic rings. The Morgan fingerprint density at radius 3 is 2.38 bits per heavy atom. The Labute approximate surface area is 125 Å². The smallest absolute Gasteiger partial charge is 0.123 e. The molecule has 2 fully saturated rings. The maximum atomic E-state index is 12.9. The van der Waals surface area contributed by atoms with Gasteiger partial charge in [-0.2, -0.15) is 0 Å². The normalized spacial score (nSPS) is 22.1. The van der Waals surface area contributed by atoms with Gasteiger partial charge in [-0.05, 0) is 31.2 Å². The summed E-state index contributed by atoms with van der Waals surface area (Å²) < 4.78 is 18.9. The van der Waals surface area contributed by atoms with E-state index in [2.05, 4.69) is 22.0 Å². The lowest BCUT2D eigenvalue weighted by Crippen LogP contribution is -2.59. The number of anilines is 1. The van der Waals surface area contributed by atoms with Gasteiger partial charge in [0.1, 0.15) is 5.82 Å². The summed E-state index contributed by atoms with van der Waals surface area (Å²) in [4.78, 5) is 4.75. The zero-order valence-corrected chi connectivity index (χ0v) is 12.6. The van der Waals surface area contributed by atoms with Crippen LogP contribution in [0, 0.1) is 5.82 Å². The van der Waals surface area contributed by atoms with Crippen molar-refractivity contribution in [2.75, 3.05) is 57.3 Å². The van der Waals surface area contributed by atoms with Gasteiger partial charge in [0.15, 0.2) is 0 Å². The van der Waals surface area contributed by atoms with E-state index in [9.17, 15) is 4.39 Å². The van der Waals surface area contributed by atoms with Crippen molar-refractivity contribution in [2.24, 2.45) is 0 Å². The molecule has 0 radical (unpaired) electrons. The van der Waals surface area contributed by atoms with Crippen LogP contribution in [0.15, 0.2) is 24.3 Å². The van der Waals surface area contributed by atoms with E-state index in [1.165, 1.54) is 12.1 Å². The molecule has 21 heavy (non-hydrogen) atoms. The average Bonchev–Trinajstić information content (AvgIpc) is 2.47. The zero-order chi connectivity index (χ0) is 14.7. The summed E-state index contributed by atoms with van der Waals surface area (Å²) in [6.45, 7) is 9.94. The van der Waals surface area contributed by atoms with Crippen molar-refractivity contribution >= 4 is 5.69 Å². The summed E-state index contributed by atoms with van der Waals surface area (Å²) in [5.74, 6) is -0.173. The second-order valence-electron chi connectivity index (χ2n) is 6.21. The van der Waals surface area contributed by atoms with Crippen molar-refractivity contribution in [3.05, 3.63) is 30.1 Å². The number of nitrogens with one attached hydrogen (secondary N) is 1. The fourth-order valence-corrected chi connectivity index (χ4v) is 2.88. The van der Waals surface area contributed by atoms with Gasteiger partial charge >= 0.3 is 0 Å². The molecule has 4 nitrogen and oxygen atoms in total. The Morgan fingerprint density at radius 2 is 1.81 bits per heavy atom. The van der Waals surface area contributed by atoms with Gasteiger partial charge < -0.3 is 15.0 Å². The SMILES string of the molecule is CC1(OCCN2CCN(c3ccc(F)cc3)CC2)CNC1. The lowest BCUT2D eigenvalue weighted by atomic mass is 10.0. The third-order valence-corrected chi connectivity index (χ3v) is 4.42. The minimum absolute atomic E-state index is 0.0515. The van der Waals surface area contributed by atoms with Gasteiger partial charge in [-0.15, -0.1) is 0 Å². The van der Waals surface area contributed by atoms with Gasteiger partial charge in [0.25, 0.3) is 0 Å². The molecule has 0 spiro atoms. The Morgan fingerprint density at radius 1 is 1.14 bits per heavy atom. The Hall–Kier alpha value is -1.17. The van der Waals surface area contributed by atoms with Crippen LogP contribution in [-0.2, 0) is 4.74 Å². The van der Waals surface area contributed by atoms with E-state index in [0.29, 0.717) is 0 Å². The van der Waals surface area contributed by atoms with Crippen molar-refractivity contribution in [1.82, 2.24) is 10.2 Å². The van der Waals surface area contributed by atoms with Crippen molar-refractivity contribution in [3.8, 4) is 0 Å². The molecule has 2 saturated heterocycles. The van der Waals surface area contributed by atoms with Crippen LogP contribution in [-0.4, -0.2) is 62.9 Å². The molecule has 0 saturated carbocycles. The van der Waals surface area contributed by atoms with E-state index in [-0.39, 0.29) is 11.4 Å². The van der Waals surface area contributed by atoms with Crippen molar-refractivity contribution in [1.29, 1.82) is 0 Å². The molecule has 1 N–H and O–H groups in total. The molecular formula is C16H24FN3O. The number of hydrogen-bond acceptors (Lipinski definition) is 4. The Bertz CT molecular complexity index is 453. The highest BCUT2D eigenvalue weighted by Crippen LogP contribution is 2.18. The maximum Gasteiger partial charge on any atom is 0.123 e. The van der Waals surface area contributed by atoms with Crippen LogP contribution in [0.25, 0.3) is 0 Å². The van der Waals surface area contributed by atoms with Gasteiger partial charge in [-0.3, -0.25) is 4.90 Å². The van der Waals surface area contributed by atoms with Gasteiger partial charge in [0.05, 0.1) is 12.2 Å². The van der Waals surface area contributed by atoms with E-state index in [1.54, 1.807) is 0 Å². The number of benzene rings is 1. The first-order valence-electron chi connectivity index (χ1n) is 7.72. The zero-order valence-electron chi connectivity index (χ0n) is 12.6. The minimum Gasteiger partial charge on any atom is -0.371 e. The highest BCUT2D eigenvalue weighted by atomic mass is 19.1. The molecule has 0 bridgehead atoms. The highest BCUT2D eigenvalue weighted by molar-refractivity contribution is 5.46. The fourth-order valence-electron chi connectivity index (χ4n) is 2.88. The summed E-state index contributed by atoms with van der Waals surface area (Å²) >= 11 is 0. The van der Waals surface area contributed by atoms with Crippen LogP contribution in [0.1, 0.15) is 6.92 Å². The van der Waals surface area contributed by atoms with Crippen LogP contribution in [0.2, 0.25) is 0 Å². The molecule has 0 amide bonds. The summed E-state index contributed by atoms with van der Waals surface area (Å²) in [7, 11) is 0. The Balaban J connectivity index is 1.39. The van der Waals surface area contributed by atoms with E-state index < -0.39 is 0 Å². The number of halogens is 1.